The van der Waals surface area contributed by atoms with Crippen molar-refractivity contribution in [1.82, 2.24) is 10.2 Å². The number of carbonyl (C=O) groups is 1. The zero-order valence-electron chi connectivity index (χ0n) is 10.3. The average molecular weight is 210 g/mol. The van der Waals surface area contributed by atoms with Gasteiger partial charge >= 0.3 is 0 Å². The van der Waals surface area contributed by atoms with E-state index in [4.69, 9.17) is 0 Å². The van der Waals surface area contributed by atoms with Gasteiger partial charge in [0.2, 0.25) is 5.91 Å². The molecule has 0 aromatic carbocycles. The molecule has 0 unspecified atom stereocenters. The van der Waals surface area contributed by atoms with Crippen molar-refractivity contribution in [1.29, 1.82) is 0 Å². The first-order valence-corrected chi connectivity index (χ1v) is 5.55. The lowest BCUT2D eigenvalue weighted by molar-refractivity contribution is -0.126. The van der Waals surface area contributed by atoms with Crippen LogP contribution in [0.25, 0.3) is 0 Å². The highest BCUT2D eigenvalue weighted by Crippen LogP contribution is 2.21. The van der Waals surface area contributed by atoms with Gasteiger partial charge < -0.3 is 10.2 Å². The molecule has 1 aliphatic rings. The van der Waals surface area contributed by atoms with Gasteiger partial charge in [0.25, 0.3) is 0 Å². The molecule has 1 amide bonds. The van der Waals surface area contributed by atoms with Gasteiger partial charge in [-0.2, -0.15) is 0 Å². The van der Waals surface area contributed by atoms with Crippen molar-refractivity contribution < 1.29 is 4.79 Å². The van der Waals surface area contributed by atoms with E-state index in [0.29, 0.717) is 0 Å². The molecule has 1 fully saturated rings. The third-order valence-electron chi connectivity index (χ3n) is 2.54. The number of hydrogen-bond acceptors (Lipinski definition) is 2. The Kier molecular flexibility index (Phi) is 3.42. The summed E-state index contributed by atoms with van der Waals surface area (Å²) in [4.78, 5) is 14.1. The molecule has 1 aliphatic heterocycles. The van der Waals surface area contributed by atoms with Crippen LogP contribution in [0.1, 0.15) is 40.5 Å². The summed E-state index contributed by atoms with van der Waals surface area (Å²) < 4.78 is 0. The third-order valence-corrected chi connectivity index (χ3v) is 2.54. The van der Waals surface area contributed by atoms with E-state index in [1.807, 2.05) is 27.7 Å². The minimum atomic E-state index is -0.152. The normalized spacial score (nSPS) is 21.6. The Bertz CT molecular complexity index is 265. The molecule has 0 aliphatic carbocycles. The molecule has 0 aromatic heterocycles. The van der Waals surface area contributed by atoms with Crippen LogP contribution in [0.2, 0.25) is 0 Å². The SMILES string of the molecule is C=C(C)N1CCC[C@H]1C(=O)NC(C)(C)C. The molecule has 0 spiro atoms. The Morgan fingerprint density at radius 2 is 2.07 bits per heavy atom. The number of nitrogens with zero attached hydrogens (tertiary/aromatic N) is 1. The predicted molar refractivity (Wildman–Crippen MR) is 62.4 cm³/mol. The maximum atomic E-state index is 12.0. The second-order valence-corrected chi connectivity index (χ2v) is 5.33. The number of hydrogen-bond donors (Lipinski definition) is 1. The van der Waals surface area contributed by atoms with Gasteiger partial charge in [-0.1, -0.05) is 6.58 Å². The molecule has 1 heterocycles. The molecule has 1 atom stereocenters. The molecule has 1 saturated heterocycles. The van der Waals surface area contributed by atoms with E-state index in [2.05, 4.69) is 16.8 Å². The fraction of sp³-hybridized carbons (Fsp3) is 0.750. The number of likely N-dealkylation sites (tertiary alicyclic amines) is 1. The van der Waals surface area contributed by atoms with Gasteiger partial charge in [-0.15, -0.1) is 0 Å². The van der Waals surface area contributed by atoms with Crippen molar-refractivity contribution in [3.05, 3.63) is 12.3 Å². The van der Waals surface area contributed by atoms with Gasteiger partial charge in [-0.25, -0.2) is 0 Å². The Balaban J connectivity index is 2.63. The van der Waals surface area contributed by atoms with Crippen LogP contribution in [0.15, 0.2) is 12.3 Å². The van der Waals surface area contributed by atoms with Crippen molar-refractivity contribution in [2.75, 3.05) is 6.54 Å². The number of nitrogens with one attached hydrogen (secondary N) is 1. The highest BCUT2D eigenvalue weighted by Gasteiger charge is 2.31. The molecule has 3 heteroatoms. The fourth-order valence-corrected chi connectivity index (χ4v) is 1.95. The molecule has 0 bridgehead atoms. The van der Waals surface area contributed by atoms with E-state index in [1.165, 1.54) is 0 Å². The zero-order valence-corrected chi connectivity index (χ0v) is 10.3. The largest absolute Gasteiger partial charge is 0.364 e. The second-order valence-electron chi connectivity index (χ2n) is 5.33. The smallest absolute Gasteiger partial charge is 0.243 e. The van der Waals surface area contributed by atoms with Crippen LogP contribution < -0.4 is 5.32 Å². The monoisotopic (exact) mass is 210 g/mol. The van der Waals surface area contributed by atoms with E-state index in [0.717, 1.165) is 25.1 Å². The van der Waals surface area contributed by atoms with Crippen molar-refractivity contribution >= 4 is 5.91 Å². The summed E-state index contributed by atoms with van der Waals surface area (Å²) in [7, 11) is 0. The maximum absolute atomic E-state index is 12.0. The molecule has 0 saturated carbocycles. The molecule has 15 heavy (non-hydrogen) atoms. The van der Waals surface area contributed by atoms with Gasteiger partial charge in [-0.05, 0) is 40.5 Å². The fourth-order valence-electron chi connectivity index (χ4n) is 1.95. The molecule has 1 N–H and O–H groups in total. The number of amides is 1. The van der Waals surface area contributed by atoms with Crippen molar-refractivity contribution in [3.8, 4) is 0 Å². The minimum absolute atomic E-state index is 0.0123. The summed E-state index contributed by atoms with van der Waals surface area (Å²) in [6.07, 6.45) is 2.02. The van der Waals surface area contributed by atoms with E-state index >= 15 is 0 Å². The summed E-state index contributed by atoms with van der Waals surface area (Å²) in [5.41, 5.74) is 0.835. The van der Waals surface area contributed by atoms with E-state index in [1.54, 1.807) is 0 Å². The highest BCUT2D eigenvalue weighted by atomic mass is 16.2. The average Bonchev–Trinajstić information content (AvgIpc) is 2.47. The summed E-state index contributed by atoms with van der Waals surface area (Å²) in [6, 6.07) is -0.0123. The van der Waals surface area contributed by atoms with Crippen LogP contribution >= 0.6 is 0 Å². The van der Waals surface area contributed by atoms with E-state index in [9.17, 15) is 4.79 Å². The molecule has 1 rings (SSSR count). The lowest BCUT2D eigenvalue weighted by Crippen LogP contribution is -2.49. The highest BCUT2D eigenvalue weighted by molar-refractivity contribution is 5.82. The second kappa shape index (κ2) is 4.25. The molecule has 86 valence electrons. The zero-order chi connectivity index (χ0) is 11.6. The molecule has 0 aromatic rings. The summed E-state index contributed by atoms with van der Waals surface area (Å²) in [5.74, 6) is 0.128. The first kappa shape index (κ1) is 12.1. The van der Waals surface area contributed by atoms with Crippen molar-refractivity contribution in [2.45, 2.75) is 52.1 Å². The summed E-state index contributed by atoms with van der Waals surface area (Å²) in [6.45, 7) is 12.8. The Morgan fingerprint density at radius 3 is 2.53 bits per heavy atom. The van der Waals surface area contributed by atoms with E-state index < -0.39 is 0 Å². The van der Waals surface area contributed by atoms with Crippen LogP contribution in [-0.4, -0.2) is 28.9 Å². The quantitative estimate of drug-likeness (QED) is 0.755. The van der Waals surface area contributed by atoms with Crippen molar-refractivity contribution in [2.24, 2.45) is 0 Å². The van der Waals surface area contributed by atoms with Gasteiger partial charge in [0, 0.05) is 17.8 Å². The molecule has 3 nitrogen and oxygen atoms in total. The van der Waals surface area contributed by atoms with E-state index in [-0.39, 0.29) is 17.5 Å². The van der Waals surface area contributed by atoms with Gasteiger partial charge in [0.05, 0.1) is 0 Å². The van der Waals surface area contributed by atoms with Gasteiger partial charge in [0.1, 0.15) is 6.04 Å². The first-order chi connectivity index (χ1) is 6.81. The Labute approximate surface area is 92.5 Å². The number of carbonyl (C=O) groups excluding carboxylic acids is 1. The third kappa shape index (κ3) is 3.26. The first-order valence-electron chi connectivity index (χ1n) is 5.55. The standard InChI is InChI=1S/C12H22N2O/c1-9(2)14-8-6-7-10(14)11(15)13-12(3,4)5/h10H,1,6-8H2,2-5H3,(H,13,15)/t10-/m0/s1. The van der Waals surface area contributed by atoms with Gasteiger partial charge in [0.15, 0.2) is 0 Å². The lowest BCUT2D eigenvalue weighted by atomic mass is 10.1. The minimum Gasteiger partial charge on any atom is -0.364 e. The summed E-state index contributed by atoms with van der Waals surface area (Å²) >= 11 is 0. The Morgan fingerprint density at radius 1 is 1.47 bits per heavy atom. The van der Waals surface area contributed by atoms with Gasteiger partial charge in [-0.3, -0.25) is 4.79 Å². The number of allylic oxidation sites excluding steroid dienone is 1. The molecule has 0 radical (unpaired) electrons. The maximum Gasteiger partial charge on any atom is 0.243 e. The van der Waals surface area contributed by atoms with Crippen molar-refractivity contribution in [3.63, 3.8) is 0 Å². The van der Waals surface area contributed by atoms with Crippen LogP contribution in [0, 0.1) is 0 Å². The lowest BCUT2D eigenvalue weighted by Gasteiger charge is -2.29. The van der Waals surface area contributed by atoms with Crippen LogP contribution in [0.3, 0.4) is 0 Å². The molecular formula is C12H22N2O. The Hall–Kier alpha value is -0.990. The van der Waals surface area contributed by atoms with Crippen LogP contribution in [0.5, 0.6) is 0 Å². The predicted octanol–water partition coefficient (Wildman–Crippen LogP) is 1.90. The van der Waals surface area contributed by atoms with Crippen LogP contribution in [-0.2, 0) is 4.79 Å². The topological polar surface area (TPSA) is 32.3 Å². The summed E-state index contributed by atoms with van der Waals surface area (Å²) in [5, 5.41) is 3.02. The number of rotatable bonds is 2. The molecular weight excluding hydrogens is 188 g/mol. The van der Waals surface area contributed by atoms with Crippen LogP contribution in [0.4, 0.5) is 0 Å².